The van der Waals surface area contributed by atoms with Crippen LogP contribution >= 0.6 is 0 Å². The highest BCUT2D eigenvalue weighted by atomic mass is 16.5. The third-order valence-electron chi connectivity index (χ3n) is 3.35. The van der Waals surface area contributed by atoms with Gasteiger partial charge in [-0.2, -0.15) is 0 Å². The number of methoxy groups -OCH3 is 1. The van der Waals surface area contributed by atoms with Crippen LogP contribution in [0.2, 0.25) is 0 Å². The number of carbonyl (C=O) groups excluding carboxylic acids is 1. The Hall–Kier alpha value is -1.55. The van der Waals surface area contributed by atoms with E-state index in [-0.39, 0.29) is 11.9 Å². The zero-order valence-corrected chi connectivity index (χ0v) is 11.2. The van der Waals surface area contributed by atoms with Gasteiger partial charge in [-0.3, -0.25) is 4.79 Å². The van der Waals surface area contributed by atoms with Crippen molar-refractivity contribution >= 4 is 5.91 Å². The average molecular weight is 248 g/mol. The molecule has 0 spiro atoms. The zero-order chi connectivity index (χ0) is 13.1. The summed E-state index contributed by atoms with van der Waals surface area (Å²) in [7, 11) is 1.60. The molecule has 0 saturated carbocycles. The SMILES string of the molecule is COc1ccc(C)cc1C(=O)N1CCNCC1C. The highest BCUT2D eigenvalue weighted by Crippen LogP contribution is 2.22. The van der Waals surface area contributed by atoms with Gasteiger partial charge in [0.2, 0.25) is 0 Å². The van der Waals surface area contributed by atoms with Crippen LogP contribution in [0.5, 0.6) is 5.75 Å². The largest absolute Gasteiger partial charge is 0.496 e. The minimum Gasteiger partial charge on any atom is -0.496 e. The van der Waals surface area contributed by atoms with Gasteiger partial charge in [-0.1, -0.05) is 11.6 Å². The lowest BCUT2D eigenvalue weighted by Crippen LogP contribution is -2.52. The fourth-order valence-electron chi connectivity index (χ4n) is 2.29. The summed E-state index contributed by atoms with van der Waals surface area (Å²) in [5, 5.41) is 3.29. The second-order valence-corrected chi connectivity index (χ2v) is 4.76. The Balaban J connectivity index is 2.29. The van der Waals surface area contributed by atoms with Gasteiger partial charge in [0.15, 0.2) is 0 Å². The normalized spacial score (nSPS) is 19.7. The molecule has 1 N–H and O–H groups in total. The van der Waals surface area contributed by atoms with E-state index in [1.54, 1.807) is 7.11 Å². The number of aryl methyl sites for hydroxylation is 1. The third kappa shape index (κ3) is 2.48. The quantitative estimate of drug-likeness (QED) is 0.861. The van der Waals surface area contributed by atoms with Crippen molar-refractivity contribution < 1.29 is 9.53 Å². The molecule has 4 nitrogen and oxygen atoms in total. The predicted molar refractivity (Wildman–Crippen MR) is 71.1 cm³/mol. The van der Waals surface area contributed by atoms with Crippen molar-refractivity contribution in [3.63, 3.8) is 0 Å². The summed E-state index contributed by atoms with van der Waals surface area (Å²) in [6.45, 7) is 6.49. The molecular formula is C14H20N2O2. The summed E-state index contributed by atoms with van der Waals surface area (Å²) in [4.78, 5) is 14.5. The van der Waals surface area contributed by atoms with Gasteiger partial charge in [0.1, 0.15) is 5.75 Å². The summed E-state index contributed by atoms with van der Waals surface area (Å²) in [6, 6.07) is 5.93. The summed E-state index contributed by atoms with van der Waals surface area (Å²) < 4.78 is 5.28. The number of hydrogen-bond donors (Lipinski definition) is 1. The molecule has 4 heteroatoms. The summed E-state index contributed by atoms with van der Waals surface area (Å²) >= 11 is 0. The maximum Gasteiger partial charge on any atom is 0.257 e. The van der Waals surface area contributed by atoms with E-state index in [0.29, 0.717) is 11.3 Å². The van der Waals surface area contributed by atoms with Gasteiger partial charge < -0.3 is 15.0 Å². The van der Waals surface area contributed by atoms with E-state index < -0.39 is 0 Å². The van der Waals surface area contributed by atoms with E-state index in [1.165, 1.54) is 0 Å². The van der Waals surface area contributed by atoms with Gasteiger partial charge in [0.05, 0.1) is 12.7 Å². The third-order valence-corrected chi connectivity index (χ3v) is 3.35. The van der Waals surface area contributed by atoms with Crippen molar-refractivity contribution in [2.75, 3.05) is 26.7 Å². The second kappa shape index (κ2) is 5.40. The average Bonchev–Trinajstić information content (AvgIpc) is 2.38. The highest BCUT2D eigenvalue weighted by Gasteiger charge is 2.26. The van der Waals surface area contributed by atoms with Gasteiger partial charge >= 0.3 is 0 Å². The van der Waals surface area contributed by atoms with Crippen LogP contribution in [-0.2, 0) is 0 Å². The fourth-order valence-corrected chi connectivity index (χ4v) is 2.29. The fraction of sp³-hybridized carbons (Fsp3) is 0.500. The van der Waals surface area contributed by atoms with Crippen molar-refractivity contribution in [3.8, 4) is 5.75 Å². The number of piperazine rings is 1. The molecule has 0 aromatic heterocycles. The molecule has 0 radical (unpaired) electrons. The molecule has 1 atom stereocenters. The van der Waals surface area contributed by atoms with E-state index in [4.69, 9.17) is 4.74 Å². The van der Waals surface area contributed by atoms with Crippen molar-refractivity contribution in [1.82, 2.24) is 10.2 Å². The zero-order valence-electron chi connectivity index (χ0n) is 11.2. The first-order valence-corrected chi connectivity index (χ1v) is 6.30. The summed E-state index contributed by atoms with van der Waals surface area (Å²) in [6.07, 6.45) is 0. The van der Waals surface area contributed by atoms with Crippen LogP contribution in [0.15, 0.2) is 18.2 Å². The molecule has 1 aromatic rings. The molecular weight excluding hydrogens is 228 g/mol. The number of rotatable bonds is 2. The van der Waals surface area contributed by atoms with Crippen LogP contribution in [0, 0.1) is 6.92 Å². The molecule has 1 unspecified atom stereocenters. The Morgan fingerprint density at radius 2 is 2.28 bits per heavy atom. The first-order valence-electron chi connectivity index (χ1n) is 6.30. The molecule has 1 aliphatic rings. The number of ether oxygens (including phenoxy) is 1. The van der Waals surface area contributed by atoms with Crippen LogP contribution in [0.25, 0.3) is 0 Å². The Kier molecular flexibility index (Phi) is 3.87. The molecule has 0 bridgehead atoms. The Morgan fingerprint density at radius 3 is 2.94 bits per heavy atom. The Bertz CT molecular complexity index is 445. The molecule has 1 heterocycles. The smallest absolute Gasteiger partial charge is 0.257 e. The van der Waals surface area contributed by atoms with Crippen molar-refractivity contribution in [2.24, 2.45) is 0 Å². The molecule has 1 aliphatic heterocycles. The Labute approximate surface area is 108 Å². The van der Waals surface area contributed by atoms with Crippen molar-refractivity contribution in [2.45, 2.75) is 19.9 Å². The maximum atomic E-state index is 12.6. The lowest BCUT2D eigenvalue weighted by Gasteiger charge is -2.34. The van der Waals surface area contributed by atoms with Gasteiger partial charge in [0.25, 0.3) is 5.91 Å². The molecule has 98 valence electrons. The molecule has 1 aromatic carbocycles. The summed E-state index contributed by atoms with van der Waals surface area (Å²) in [5.41, 5.74) is 1.73. The monoisotopic (exact) mass is 248 g/mol. The second-order valence-electron chi connectivity index (χ2n) is 4.76. The van der Waals surface area contributed by atoms with E-state index >= 15 is 0 Å². The molecule has 0 aliphatic carbocycles. The molecule has 18 heavy (non-hydrogen) atoms. The standard InChI is InChI=1S/C14H20N2O2/c1-10-4-5-13(18-3)12(8-10)14(17)16-7-6-15-9-11(16)2/h4-5,8,11,15H,6-7,9H2,1-3H3. The van der Waals surface area contributed by atoms with Gasteiger partial charge in [-0.15, -0.1) is 0 Å². The molecule has 1 fully saturated rings. The Morgan fingerprint density at radius 1 is 1.50 bits per heavy atom. The lowest BCUT2D eigenvalue weighted by molar-refractivity contribution is 0.0652. The van der Waals surface area contributed by atoms with Crippen LogP contribution < -0.4 is 10.1 Å². The van der Waals surface area contributed by atoms with E-state index in [1.807, 2.05) is 30.0 Å². The van der Waals surface area contributed by atoms with Crippen LogP contribution in [0.1, 0.15) is 22.8 Å². The maximum absolute atomic E-state index is 12.6. The van der Waals surface area contributed by atoms with Crippen LogP contribution in [0.3, 0.4) is 0 Å². The van der Waals surface area contributed by atoms with Gasteiger partial charge in [0, 0.05) is 25.7 Å². The van der Waals surface area contributed by atoms with Crippen LogP contribution in [0.4, 0.5) is 0 Å². The lowest BCUT2D eigenvalue weighted by atomic mass is 10.1. The predicted octanol–water partition coefficient (Wildman–Crippen LogP) is 1.44. The van der Waals surface area contributed by atoms with Gasteiger partial charge in [-0.05, 0) is 26.0 Å². The number of carbonyl (C=O) groups is 1. The van der Waals surface area contributed by atoms with Gasteiger partial charge in [-0.25, -0.2) is 0 Å². The number of nitrogens with zero attached hydrogens (tertiary/aromatic N) is 1. The first-order chi connectivity index (χ1) is 8.63. The van der Waals surface area contributed by atoms with Crippen LogP contribution in [-0.4, -0.2) is 43.6 Å². The number of benzene rings is 1. The minimum atomic E-state index is 0.0598. The van der Waals surface area contributed by atoms with E-state index in [2.05, 4.69) is 12.2 Å². The minimum absolute atomic E-state index is 0.0598. The van der Waals surface area contributed by atoms with Crippen molar-refractivity contribution in [3.05, 3.63) is 29.3 Å². The van der Waals surface area contributed by atoms with Crippen molar-refractivity contribution in [1.29, 1.82) is 0 Å². The highest BCUT2D eigenvalue weighted by molar-refractivity contribution is 5.97. The number of hydrogen-bond acceptors (Lipinski definition) is 3. The number of amides is 1. The topological polar surface area (TPSA) is 41.6 Å². The first kappa shape index (κ1) is 12.9. The summed E-state index contributed by atoms with van der Waals surface area (Å²) in [5.74, 6) is 0.709. The molecule has 1 amide bonds. The molecule has 2 rings (SSSR count). The number of nitrogens with one attached hydrogen (secondary N) is 1. The molecule has 1 saturated heterocycles. The van der Waals surface area contributed by atoms with E-state index in [9.17, 15) is 4.79 Å². The van der Waals surface area contributed by atoms with E-state index in [0.717, 1.165) is 25.2 Å².